The SMILES string of the molecule is CCNc1ccc(CN(OC(=O)CC(=O)O)C(C)=O)cc1. The first-order valence-electron chi connectivity index (χ1n) is 6.46. The van der Waals surface area contributed by atoms with Crippen molar-refractivity contribution in [3.8, 4) is 0 Å². The Morgan fingerprint density at radius 2 is 1.86 bits per heavy atom. The molecular weight excluding hydrogens is 276 g/mol. The van der Waals surface area contributed by atoms with E-state index in [-0.39, 0.29) is 6.54 Å². The molecule has 0 heterocycles. The largest absolute Gasteiger partial charge is 0.481 e. The summed E-state index contributed by atoms with van der Waals surface area (Å²) < 4.78 is 0. The number of hydrogen-bond donors (Lipinski definition) is 2. The maximum absolute atomic E-state index is 11.4. The molecule has 0 bridgehead atoms. The average molecular weight is 294 g/mol. The van der Waals surface area contributed by atoms with Gasteiger partial charge in [0.15, 0.2) is 0 Å². The predicted molar refractivity (Wildman–Crippen MR) is 75.2 cm³/mol. The minimum absolute atomic E-state index is 0.0626. The van der Waals surface area contributed by atoms with Crippen LogP contribution in [-0.2, 0) is 25.8 Å². The number of aliphatic carboxylic acids is 1. The molecule has 0 aliphatic heterocycles. The van der Waals surface area contributed by atoms with E-state index in [4.69, 9.17) is 9.94 Å². The lowest BCUT2D eigenvalue weighted by atomic mass is 10.2. The molecule has 0 aromatic heterocycles. The van der Waals surface area contributed by atoms with E-state index < -0.39 is 24.3 Å². The number of nitrogens with zero attached hydrogens (tertiary/aromatic N) is 1. The topological polar surface area (TPSA) is 95.9 Å². The van der Waals surface area contributed by atoms with E-state index in [0.717, 1.165) is 22.9 Å². The molecule has 0 aliphatic carbocycles. The van der Waals surface area contributed by atoms with Crippen molar-refractivity contribution in [1.29, 1.82) is 0 Å². The highest BCUT2D eigenvalue weighted by atomic mass is 16.7. The van der Waals surface area contributed by atoms with E-state index in [0.29, 0.717) is 0 Å². The number of carboxylic acid groups (broad SMARTS) is 1. The van der Waals surface area contributed by atoms with E-state index in [2.05, 4.69) is 5.32 Å². The molecule has 0 spiro atoms. The van der Waals surface area contributed by atoms with Crippen LogP contribution in [0.5, 0.6) is 0 Å². The number of rotatable bonds is 6. The lowest BCUT2D eigenvalue weighted by molar-refractivity contribution is -0.200. The zero-order chi connectivity index (χ0) is 15.8. The van der Waals surface area contributed by atoms with Gasteiger partial charge in [-0.15, -0.1) is 0 Å². The summed E-state index contributed by atoms with van der Waals surface area (Å²) in [5, 5.41) is 12.5. The molecule has 1 aromatic rings. The van der Waals surface area contributed by atoms with E-state index in [1.165, 1.54) is 6.92 Å². The van der Waals surface area contributed by atoms with Crippen molar-refractivity contribution < 1.29 is 24.3 Å². The quantitative estimate of drug-likeness (QED) is 0.608. The summed E-state index contributed by atoms with van der Waals surface area (Å²) in [6.45, 7) is 4.08. The number of anilines is 1. The van der Waals surface area contributed by atoms with E-state index in [9.17, 15) is 14.4 Å². The maximum Gasteiger partial charge on any atom is 0.343 e. The average Bonchev–Trinajstić information content (AvgIpc) is 2.39. The number of amides is 1. The number of nitrogens with one attached hydrogen (secondary N) is 1. The standard InChI is InChI=1S/C14H18N2O5/c1-3-15-12-6-4-11(5-7-12)9-16(10(2)17)21-14(20)8-13(18)19/h4-7,15H,3,8-9H2,1-2H3,(H,18,19). The van der Waals surface area contributed by atoms with Crippen molar-refractivity contribution in [3.05, 3.63) is 29.8 Å². The fourth-order valence-electron chi connectivity index (χ4n) is 1.58. The lowest BCUT2D eigenvalue weighted by Crippen LogP contribution is -2.32. The smallest absolute Gasteiger partial charge is 0.343 e. The van der Waals surface area contributed by atoms with Crippen LogP contribution < -0.4 is 5.32 Å². The van der Waals surface area contributed by atoms with Gasteiger partial charge in [0.2, 0.25) is 0 Å². The van der Waals surface area contributed by atoms with Gasteiger partial charge in [-0.25, -0.2) is 4.79 Å². The van der Waals surface area contributed by atoms with E-state index >= 15 is 0 Å². The Bertz CT molecular complexity index is 513. The first kappa shape index (κ1) is 16.5. The van der Waals surface area contributed by atoms with Gasteiger partial charge in [-0.2, -0.15) is 5.06 Å². The molecule has 0 saturated carbocycles. The Morgan fingerprint density at radius 3 is 2.33 bits per heavy atom. The maximum atomic E-state index is 11.4. The van der Waals surface area contributed by atoms with E-state index in [1.54, 1.807) is 12.1 Å². The zero-order valence-electron chi connectivity index (χ0n) is 12.0. The monoisotopic (exact) mass is 294 g/mol. The van der Waals surface area contributed by atoms with Gasteiger partial charge in [-0.1, -0.05) is 12.1 Å². The predicted octanol–water partition coefficient (Wildman–Crippen LogP) is 1.40. The van der Waals surface area contributed by atoms with E-state index in [1.807, 2.05) is 19.1 Å². The lowest BCUT2D eigenvalue weighted by Gasteiger charge is -2.19. The van der Waals surface area contributed by atoms with Crippen LogP contribution in [0.1, 0.15) is 25.8 Å². The summed E-state index contributed by atoms with van der Waals surface area (Å²) in [6, 6.07) is 7.27. The number of benzene rings is 1. The zero-order valence-corrected chi connectivity index (χ0v) is 12.0. The minimum atomic E-state index is -1.31. The Hall–Kier alpha value is -2.57. The van der Waals surface area contributed by atoms with Crippen molar-refractivity contribution in [2.75, 3.05) is 11.9 Å². The Balaban J connectivity index is 2.67. The van der Waals surface area contributed by atoms with Gasteiger partial charge in [0.1, 0.15) is 6.42 Å². The van der Waals surface area contributed by atoms with Gasteiger partial charge in [0.05, 0.1) is 6.54 Å². The fraction of sp³-hybridized carbons (Fsp3) is 0.357. The molecule has 7 nitrogen and oxygen atoms in total. The molecule has 21 heavy (non-hydrogen) atoms. The third-order valence-corrected chi connectivity index (χ3v) is 2.52. The van der Waals surface area contributed by atoms with Crippen molar-refractivity contribution in [2.45, 2.75) is 26.8 Å². The molecule has 0 atom stereocenters. The van der Waals surface area contributed by atoms with Crippen molar-refractivity contribution in [2.24, 2.45) is 0 Å². The summed E-state index contributed by atoms with van der Waals surface area (Å²) in [7, 11) is 0. The molecule has 0 unspecified atom stereocenters. The highest BCUT2D eigenvalue weighted by Gasteiger charge is 2.17. The number of hydroxylamine groups is 2. The van der Waals surface area contributed by atoms with Gasteiger partial charge in [0, 0.05) is 19.2 Å². The molecule has 0 aliphatic rings. The van der Waals surface area contributed by atoms with Crippen molar-refractivity contribution in [1.82, 2.24) is 5.06 Å². The van der Waals surface area contributed by atoms with Gasteiger partial charge < -0.3 is 15.3 Å². The molecule has 1 amide bonds. The minimum Gasteiger partial charge on any atom is -0.481 e. The number of carbonyl (C=O) groups excluding carboxylic acids is 2. The Morgan fingerprint density at radius 1 is 1.24 bits per heavy atom. The molecule has 2 N–H and O–H groups in total. The molecule has 7 heteroatoms. The normalized spacial score (nSPS) is 9.81. The summed E-state index contributed by atoms with van der Waals surface area (Å²) in [5.41, 5.74) is 1.70. The van der Waals surface area contributed by atoms with Crippen LogP contribution in [0, 0.1) is 0 Å². The number of carbonyl (C=O) groups is 3. The first-order chi connectivity index (χ1) is 9.92. The van der Waals surface area contributed by atoms with Crippen LogP contribution in [0.2, 0.25) is 0 Å². The molecular formula is C14H18N2O5. The number of hydrogen-bond acceptors (Lipinski definition) is 5. The summed E-state index contributed by atoms with van der Waals surface area (Å²) >= 11 is 0. The van der Waals surface area contributed by atoms with Crippen LogP contribution in [0.4, 0.5) is 5.69 Å². The van der Waals surface area contributed by atoms with Crippen molar-refractivity contribution in [3.63, 3.8) is 0 Å². The summed E-state index contributed by atoms with van der Waals surface area (Å²) in [5.74, 6) is -2.77. The van der Waals surface area contributed by atoms with Crippen LogP contribution in [0.15, 0.2) is 24.3 Å². The van der Waals surface area contributed by atoms with Crippen LogP contribution in [0.3, 0.4) is 0 Å². The van der Waals surface area contributed by atoms with Crippen LogP contribution in [0.25, 0.3) is 0 Å². The Labute approximate surface area is 122 Å². The van der Waals surface area contributed by atoms with Crippen LogP contribution >= 0.6 is 0 Å². The third kappa shape index (κ3) is 5.94. The number of carboxylic acids is 1. The molecule has 114 valence electrons. The molecule has 0 fully saturated rings. The second kappa shape index (κ2) is 7.88. The highest BCUT2D eigenvalue weighted by Crippen LogP contribution is 2.12. The second-order valence-corrected chi connectivity index (χ2v) is 4.32. The summed E-state index contributed by atoms with van der Waals surface area (Å²) in [6.07, 6.45) is -0.789. The van der Waals surface area contributed by atoms with Gasteiger partial charge >= 0.3 is 11.9 Å². The summed E-state index contributed by atoms with van der Waals surface area (Å²) in [4.78, 5) is 37.9. The second-order valence-electron chi connectivity index (χ2n) is 4.32. The van der Waals surface area contributed by atoms with Gasteiger partial charge in [-0.05, 0) is 24.6 Å². The molecule has 0 radical (unpaired) electrons. The third-order valence-electron chi connectivity index (χ3n) is 2.52. The molecule has 0 saturated heterocycles. The molecule has 1 aromatic carbocycles. The highest BCUT2D eigenvalue weighted by molar-refractivity contribution is 5.90. The van der Waals surface area contributed by atoms with Crippen molar-refractivity contribution >= 4 is 23.5 Å². The van der Waals surface area contributed by atoms with Crippen LogP contribution in [-0.4, -0.2) is 34.6 Å². The van der Waals surface area contributed by atoms with Gasteiger partial charge in [0.25, 0.3) is 5.91 Å². The first-order valence-corrected chi connectivity index (χ1v) is 6.46. The molecule has 1 rings (SSSR count). The Kier molecular flexibility index (Phi) is 6.19. The van der Waals surface area contributed by atoms with Gasteiger partial charge in [-0.3, -0.25) is 9.59 Å². The fourth-order valence-corrected chi connectivity index (χ4v) is 1.58.